The number of carbonyl (C=O) groups excluding carboxylic acids is 1. The summed E-state index contributed by atoms with van der Waals surface area (Å²) in [6, 6.07) is 4.78. The molecule has 11 heteroatoms. The molecule has 1 aliphatic carbocycles. The van der Waals surface area contributed by atoms with Gasteiger partial charge < -0.3 is 19.7 Å². The molecule has 196 valence electrons. The van der Waals surface area contributed by atoms with Crippen molar-refractivity contribution >= 4 is 28.3 Å². The third-order valence-electron chi connectivity index (χ3n) is 7.49. The molecule has 0 spiro atoms. The average Bonchev–Trinajstić information content (AvgIpc) is 3.61. The smallest absolute Gasteiger partial charge is 0.266 e. The summed E-state index contributed by atoms with van der Waals surface area (Å²) in [5, 5.41) is 13.2. The highest BCUT2D eigenvalue weighted by Gasteiger charge is 2.40. The van der Waals surface area contributed by atoms with Gasteiger partial charge in [-0.3, -0.25) is 9.59 Å². The van der Waals surface area contributed by atoms with Gasteiger partial charge in [0.1, 0.15) is 5.82 Å². The minimum Gasteiger partial charge on any atom is -0.361 e. The summed E-state index contributed by atoms with van der Waals surface area (Å²) < 4.78 is 43.0. The van der Waals surface area contributed by atoms with Crippen LogP contribution < -0.4 is 15.8 Å². The second kappa shape index (κ2) is 9.35. The van der Waals surface area contributed by atoms with Gasteiger partial charge in [0.25, 0.3) is 12.0 Å². The van der Waals surface area contributed by atoms with Gasteiger partial charge in [-0.15, -0.1) is 10.2 Å². The first-order valence-corrected chi connectivity index (χ1v) is 12.4. The number of nitrogens with one attached hydrogen (secondary N) is 1. The van der Waals surface area contributed by atoms with Gasteiger partial charge in [0.2, 0.25) is 5.91 Å². The van der Waals surface area contributed by atoms with E-state index in [0.717, 1.165) is 18.9 Å². The summed E-state index contributed by atoms with van der Waals surface area (Å²) in [6.07, 6.45) is 0.586. The predicted octanol–water partition coefficient (Wildman–Crippen LogP) is 4.22. The van der Waals surface area contributed by atoms with E-state index in [1.807, 2.05) is 11.8 Å². The maximum Gasteiger partial charge on any atom is 0.266 e. The summed E-state index contributed by atoms with van der Waals surface area (Å²) in [5.74, 6) is -0.0917. The molecule has 3 heterocycles. The van der Waals surface area contributed by atoms with Crippen LogP contribution in [0.2, 0.25) is 0 Å². The van der Waals surface area contributed by atoms with Crippen molar-refractivity contribution in [2.75, 3.05) is 36.4 Å². The Morgan fingerprint density at radius 1 is 1.08 bits per heavy atom. The second-order valence-electron chi connectivity index (χ2n) is 10.1. The van der Waals surface area contributed by atoms with Gasteiger partial charge in [0.05, 0.1) is 11.6 Å². The predicted molar refractivity (Wildman–Crippen MR) is 135 cm³/mol. The van der Waals surface area contributed by atoms with Crippen molar-refractivity contribution in [1.82, 2.24) is 19.7 Å². The summed E-state index contributed by atoms with van der Waals surface area (Å²) in [7, 11) is 0. The molecule has 0 bridgehead atoms. The van der Waals surface area contributed by atoms with Crippen LogP contribution in [0.15, 0.2) is 35.3 Å². The van der Waals surface area contributed by atoms with Gasteiger partial charge in [-0.2, -0.15) is 0 Å². The molecule has 37 heavy (non-hydrogen) atoms. The summed E-state index contributed by atoms with van der Waals surface area (Å²) >= 11 is 0. The average molecular weight is 515 g/mol. The number of carbonyl (C=O) groups is 1. The Balaban J connectivity index is 1.56. The van der Waals surface area contributed by atoms with Crippen molar-refractivity contribution in [3.8, 4) is 0 Å². The zero-order valence-corrected chi connectivity index (χ0v) is 21.0. The van der Waals surface area contributed by atoms with Gasteiger partial charge in [0.15, 0.2) is 11.6 Å². The molecular weight excluding hydrogens is 485 g/mol. The van der Waals surface area contributed by atoms with Crippen molar-refractivity contribution in [3.63, 3.8) is 0 Å². The minimum atomic E-state index is -2.93. The fraction of sp³-hybridized carbons (Fsp3) is 0.462. The van der Waals surface area contributed by atoms with Gasteiger partial charge in [0, 0.05) is 67.2 Å². The number of benzene rings is 1. The molecule has 1 amide bonds. The van der Waals surface area contributed by atoms with Crippen LogP contribution in [-0.2, 0) is 10.3 Å². The van der Waals surface area contributed by atoms with Gasteiger partial charge >= 0.3 is 0 Å². The highest BCUT2D eigenvalue weighted by Crippen LogP contribution is 2.43. The lowest BCUT2D eigenvalue weighted by atomic mass is 10.0. The number of pyridine rings is 1. The van der Waals surface area contributed by atoms with Crippen LogP contribution in [0.25, 0.3) is 10.8 Å². The number of amides is 1. The van der Waals surface area contributed by atoms with Crippen LogP contribution in [0.3, 0.4) is 0 Å². The van der Waals surface area contributed by atoms with E-state index < -0.39 is 23.8 Å². The topological polar surface area (TPSA) is 83.4 Å². The first-order chi connectivity index (χ1) is 17.6. The Hall–Kier alpha value is -3.63. The molecule has 1 atom stereocenters. The van der Waals surface area contributed by atoms with Crippen LogP contribution >= 0.6 is 0 Å². The zero-order valence-electron chi connectivity index (χ0n) is 21.0. The number of halogens is 3. The molecule has 1 saturated carbocycles. The molecule has 1 aromatic carbocycles. The maximum absolute atomic E-state index is 14.8. The summed E-state index contributed by atoms with van der Waals surface area (Å²) in [6.45, 7) is 7.35. The van der Waals surface area contributed by atoms with E-state index in [1.165, 1.54) is 19.1 Å². The number of piperazine rings is 1. The van der Waals surface area contributed by atoms with E-state index in [2.05, 4.69) is 15.5 Å². The number of anilines is 2. The van der Waals surface area contributed by atoms with Gasteiger partial charge in [-0.1, -0.05) is 18.2 Å². The number of aromatic nitrogens is 3. The van der Waals surface area contributed by atoms with E-state index in [-0.39, 0.29) is 22.6 Å². The van der Waals surface area contributed by atoms with Crippen molar-refractivity contribution in [1.29, 1.82) is 0 Å². The van der Waals surface area contributed by atoms with Crippen LogP contribution in [-0.4, -0.2) is 51.8 Å². The van der Waals surface area contributed by atoms with Crippen LogP contribution in [0, 0.1) is 5.82 Å². The van der Waals surface area contributed by atoms with Crippen molar-refractivity contribution in [2.24, 2.45) is 0 Å². The van der Waals surface area contributed by atoms with Gasteiger partial charge in [-0.25, -0.2) is 13.2 Å². The van der Waals surface area contributed by atoms with E-state index in [4.69, 9.17) is 0 Å². The van der Waals surface area contributed by atoms with Gasteiger partial charge in [-0.05, 0) is 26.7 Å². The number of alkyl halides is 2. The Kier molecular flexibility index (Phi) is 6.33. The molecule has 8 nitrogen and oxygen atoms in total. The van der Waals surface area contributed by atoms with E-state index in [0.29, 0.717) is 48.6 Å². The molecule has 0 unspecified atom stereocenters. The molecule has 2 fully saturated rings. The largest absolute Gasteiger partial charge is 0.361 e. The SMILES string of the molecule is CC(=O)N1CCN(c2nnc(N[C@H](C)c3cccc(C(F)F)c3F)c3cn(C4(C)CC4)c(=O)cc23)CC1. The number of hydrogen-bond acceptors (Lipinski definition) is 6. The number of hydrogen-bond donors (Lipinski definition) is 1. The highest BCUT2D eigenvalue weighted by molar-refractivity contribution is 5.98. The molecular formula is C26H29F3N6O2. The van der Waals surface area contributed by atoms with Crippen molar-refractivity contribution in [2.45, 2.75) is 51.6 Å². The van der Waals surface area contributed by atoms with Crippen LogP contribution in [0.1, 0.15) is 57.2 Å². The molecule has 3 aromatic rings. The zero-order chi connectivity index (χ0) is 26.5. The lowest BCUT2D eigenvalue weighted by Gasteiger charge is -2.35. The van der Waals surface area contributed by atoms with E-state index in [9.17, 15) is 22.8 Å². The molecule has 1 N–H and O–H groups in total. The quantitative estimate of drug-likeness (QED) is 0.531. The fourth-order valence-corrected chi connectivity index (χ4v) is 4.88. The first-order valence-electron chi connectivity index (χ1n) is 12.4. The van der Waals surface area contributed by atoms with Crippen molar-refractivity contribution < 1.29 is 18.0 Å². The number of rotatable bonds is 6. The second-order valence-corrected chi connectivity index (χ2v) is 10.1. The molecule has 1 aliphatic heterocycles. The Morgan fingerprint density at radius 3 is 2.38 bits per heavy atom. The monoisotopic (exact) mass is 514 g/mol. The minimum absolute atomic E-state index is 0.00725. The normalized spacial score (nSPS) is 17.8. The molecule has 0 radical (unpaired) electrons. The Morgan fingerprint density at radius 2 is 1.76 bits per heavy atom. The van der Waals surface area contributed by atoms with Crippen molar-refractivity contribution in [3.05, 3.63) is 57.8 Å². The molecule has 1 saturated heterocycles. The number of nitrogens with zero attached hydrogens (tertiary/aromatic N) is 5. The lowest BCUT2D eigenvalue weighted by molar-refractivity contribution is -0.129. The standard InChI is InChI=1S/C26H29F3N6O2/c1-15(17-5-4-6-18(22(17)27)23(28)29)30-24-20-14-35(26(3)7-8-26)21(37)13-19(20)25(32-31-24)34-11-9-33(10-12-34)16(2)36/h4-6,13-15,23H,7-12H2,1-3H3,(H,30,31)/t15-/m1/s1. The maximum atomic E-state index is 14.8. The summed E-state index contributed by atoms with van der Waals surface area (Å²) in [4.78, 5) is 28.6. The highest BCUT2D eigenvalue weighted by atomic mass is 19.3. The van der Waals surface area contributed by atoms with Crippen LogP contribution in [0.4, 0.5) is 24.8 Å². The molecule has 2 aliphatic rings. The molecule has 2 aromatic heterocycles. The molecule has 5 rings (SSSR count). The fourth-order valence-electron chi connectivity index (χ4n) is 4.88. The van der Waals surface area contributed by atoms with E-state index >= 15 is 0 Å². The first kappa shape index (κ1) is 25.0. The third-order valence-corrected chi connectivity index (χ3v) is 7.49. The number of fused-ring (bicyclic) bond motifs is 1. The Labute approximate surface area is 212 Å². The third kappa shape index (κ3) is 4.62. The lowest BCUT2D eigenvalue weighted by Crippen LogP contribution is -2.48. The van der Waals surface area contributed by atoms with Crippen LogP contribution in [0.5, 0.6) is 0 Å². The Bertz CT molecular complexity index is 1410. The summed E-state index contributed by atoms with van der Waals surface area (Å²) in [5.41, 5.74) is -1.00. The van der Waals surface area contributed by atoms with E-state index in [1.54, 1.807) is 28.7 Å².